The second-order valence-corrected chi connectivity index (χ2v) is 7.57. The summed E-state index contributed by atoms with van der Waals surface area (Å²) in [4.78, 5) is 24.2. The number of amides is 3. The molecule has 1 aromatic carbocycles. The Morgan fingerprint density at radius 3 is 2.75 bits per heavy atom. The summed E-state index contributed by atoms with van der Waals surface area (Å²) < 4.78 is 1.76. The Morgan fingerprint density at radius 1 is 1.29 bits per heavy atom. The molecule has 2 atom stereocenters. The zero-order chi connectivity index (χ0) is 20.3. The Bertz CT molecular complexity index is 861. The molecule has 9 nitrogen and oxygen atoms in total. The van der Waals surface area contributed by atoms with Gasteiger partial charge < -0.3 is 21.3 Å². The molecule has 9 heteroatoms. The van der Waals surface area contributed by atoms with Crippen molar-refractivity contribution in [1.29, 1.82) is 0 Å². The summed E-state index contributed by atoms with van der Waals surface area (Å²) in [7, 11) is 1.63. The monoisotopic (exact) mass is 385 g/mol. The van der Waals surface area contributed by atoms with E-state index in [0.29, 0.717) is 18.7 Å². The van der Waals surface area contributed by atoms with Crippen LogP contribution in [0.3, 0.4) is 0 Å². The van der Waals surface area contributed by atoms with Crippen molar-refractivity contribution in [2.24, 2.45) is 0 Å². The minimum Gasteiger partial charge on any atom is -0.358 e. The predicted octanol–water partition coefficient (Wildman–Crippen LogP) is 1.29. The van der Waals surface area contributed by atoms with Gasteiger partial charge in [-0.1, -0.05) is 23.4 Å². The van der Waals surface area contributed by atoms with E-state index in [1.54, 1.807) is 11.7 Å². The number of rotatable bonds is 5. The number of likely N-dealkylation sites (N-methyl/N-ethyl adjacent to an activating group) is 1. The van der Waals surface area contributed by atoms with Crippen molar-refractivity contribution in [3.05, 3.63) is 41.7 Å². The molecule has 2 heterocycles. The van der Waals surface area contributed by atoms with Gasteiger partial charge in [-0.05, 0) is 38.8 Å². The minimum atomic E-state index is -0.711. The van der Waals surface area contributed by atoms with Crippen LogP contribution in [0.1, 0.15) is 37.6 Å². The first kappa shape index (κ1) is 19.8. The molecular weight excluding hydrogens is 358 g/mol. The molecule has 1 aromatic heterocycles. The van der Waals surface area contributed by atoms with Crippen LogP contribution >= 0.6 is 0 Å². The van der Waals surface area contributed by atoms with Crippen molar-refractivity contribution in [1.82, 2.24) is 30.9 Å². The molecule has 28 heavy (non-hydrogen) atoms. The van der Waals surface area contributed by atoms with E-state index in [1.165, 1.54) is 0 Å². The summed E-state index contributed by atoms with van der Waals surface area (Å²) in [6, 6.07) is 7.10. The first-order valence-corrected chi connectivity index (χ1v) is 9.32. The van der Waals surface area contributed by atoms with Gasteiger partial charge in [-0.2, -0.15) is 0 Å². The molecule has 0 spiro atoms. The van der Waals surface area contributed by atoms with Crippen LogP contribution in [-0.2, 0) is 10.3 Å². The lowest BCUT2D eigenvalue weighted by Crippen LogP contribution is -2.43. The lowest BCUT2D eigenvalue weighted by atomic mass is 10.0. The molecular formula is C19H27N7O2. The Hall–Kier alpha value is -2.94. The van der Waals surface area contributed by atoms with Crippen molar-refractivity contribution in [2.75, 3.05) is 18.9 Å². The number of urea groups is 1. The number of carbonyl (C=O) groups is 2. The highest BCUT2D eigenvalue weighted by Crippen LogP contribution is 2.23. The molecule has 1 fully saturated rings. The van der Waals surface area contributed by atoms with Crippen LogP contribution in [0.15, 0.2) is 30.5 Å². The number of hydrogen-bond acceptors (Lipinski definition) is 5. The van der Waals surface area contributed by atoms with Crippen molar-refractivity contribution in [2.45, 2.75) is 44.8 Å². The molecule has 2 aromatic rings. The van der Waals surface area contributed by atoms with Gasteiger partial charge in [-0.15, -0.1) is 5.10 Å². The normalized spacial score (nSPS) is 19.3. The summed E-state index contributed by atoms with van der Waals surface area (Å²) in [5, 5.41) is 20.1. The largest absolute Gasteiger partial charge is 0.358 e. The minimum absolute atomic E-state index is 0.0299. The smallest absolute Gasteiger partial charge is 0.319 e. The summed E-state index contributed by atoms with van der Waals surface area (Å²) >= 11 is 0. The molecule has 3 amide bonds. The number of carbonyl (C=O) groups excluding carboxylic acids is 2. The van der Waals surface area contributed by atoms with Crippen LogP contribution in [0.25, 0.3) is 0 Å². The Labute approximate surface area is 164 Å². The molecule has 0 bridgehead atoms. The van der Waals surface area contributed by atoms with Gasteiger partial charge in [0.05, 0.1) is 23.8 Å². The van der Waals surface area contributed by atoms with E-state index >= 15 is 0 Å². The number of anilines is 1. The van der Waals surface area contributed by atoms with Crippen molar-refractivity contribution >= 4 is 17.6 Å². The molecule has 0 saturated carbocycles. The summed E-state index contributed by atoms with van der Waals surface area (Å²) in [6.07, 6.45) is 2.47. The third-order valence-electron chi connectivity index (χ3n) is 5.01. The highest BCUT2D eigenvalue weighted by molar-refractivity contribution is 5.90. The maximum absolute atomic E-state index is 12.4. The van der Waals surface area contributed by atoms with Gasteiger partial charge in [0.1, 0.15) is 5.69 Å². The van der Waals surface area contributed by atoms with Crippen LogP contribution in [0.5, 0.6) is 0 Å². The zero-order valence-electron chi connectivity index (χ0n) is 16.6. The fourth-order valence-electron chi connectivity index (χ4n) is 3.25. The number of para-hydroxylation sites is 1. The number of aromatic nitrogens is 3. The fourth-order valence-corrected chi connectivity index (χ4v) is 3.25. The van der Waals surface area contributed by atoms with Crippen molar-refractivity contribution in [3.8, 4) is 0 Å². The Balaban J connectivity index is 1.64. The van der Waals surface area contributed by atoms with Crippen molar-refractivity contribution < 1.29 is 9.59 Å². The number of nitrogens with zero attached hydrogens (tertiary/aromatic N) is 3. The summed E-state index contributed by atoms with van der Waals surface area (Å²) in [5.41, 5.74) is 1.69. The van der Waals surface area contributed by atoms with Crippen LogP contribution in [0.4, 0.5) is 10.5 Å². The van der Waals surface area contributed by atoms with E-state index in [2.05, 4.69) is 31.6 Å². The van der Waals surface area contributed by atoms with Gasteiger partial charge in [0, 0.05) is 19.3 Å². The Morgan fingerprint density at radius 2 is 2.04 bits per heavy atom. The highest BCUT2D eigenvalue weighted by Gasteiger charge is 2.32. The third kappa shape index (κ3) is 4.30. The van der Waals surface area contributed by atoms with Gasteiger partial charge >= 0.3 is 6.03 Å². The second-order valence-electron chi connectivity index (χ2n) is 7.57. The van der Waals surface area contributed by atoms with Gasteiger partial charge in [0.15, 0.2) is 0 Å². The standard InChI is InChI=1S/C19H27N7O2/c1-12-7-5-6-8-14(12)22-18(28)23-19(2,3)16-11-26(25-24-16)13-9-15(21-10-13)17(27)20-4/h5-8,11,13,15,21H,9-10H2,1-4H3,(H,20,27)(H2,22,23,28)/t13-,15-/m0/s1. The molecule has 0 unspecified atom stereocenters. The number of aryl methyl sites for hydroxylation is 1. The Kier molecular flexibility index (Phi) is 5.64. The molecule has 3 rings (SSSR count). The first-order chi connectivity index (χ1) is 13.3. The molecule has 0 radical (unpaired) electrons. The van der Waals surface area contributed by atoms with Crippen LogP contribution in [0.2, 0.25) is 0 Å². The molecule has 0 aliphatic carbocycles. The molecule has 1 aliphatic rings. The third-order valence-corrected chi connectivity index (χ3v) is 5.01. The average molecular weight is 385 g/mol. The lowest BCUT2D eigenvalue weighted by molar-refractivity contribution is -0.122. The lowest BCUT2D eigenvalue weighted by Gasteiger charge is -2.24. The van der Waals surface area contributed by atoms with E-state index in [0.717, 1.165) is 11.3 Å². The second kappa shape index (κ2) is 7.97. The molecule has 150 valence electrons. The quantitative estimate of drug-likeness (QED) is 0.620. The van der Waals surface area contributed by atoms with E-state index in [-0.39, 0.29) is 24.0 Å². The fraction of sp³-hybridized carbons (Fsp3) is 0.474. The average Bonchev–Trinajstić information content (AvgIpc) is 3.32. The predicted molar refractivity (Wildman–Crippen MR) is 106 cm³/mol. The van der Waals surface area contributed by atoms with E-state index in [1.807, 2.05) is 51.2 Å². The molecule has 4 N–H and O–H groups in total. The zero-order valence-corrected chi connectivity index (χ0v) is 16.6. The van der Waals surface area contributed by atoms with E-state index in [4.69, 9.17) is 0 Å². The SMILES string of the molecule is CNC(=O)[C@@H]1C[C@H](n2cc(C(C)(C)NC(=O)Nc3ccccc3C)nn2)CN1. The van der Waals surface area contributed by atoms with Gasteiger partial charge in [0.25, 0.3) is 0 Å². The number of benzene rings is 1. The van der Waals surface area contributed by atoms with Crippen LogP contribution in [0, 0.1) is 6.92 Å². The van der Waals surface area contributed by atoms with Gasteiger partial charge in [-0.3, -0.25) is 4.79 Å². The summed E-state index contributed by atoms with van der Waals surface area (Å²) in [5.74, 6) is -0.0299. The number of nitrogens with one attached hydrogen (secondary N) is 4. The summed E-state index contributed by atoms with van der Waals surface area (Å²) in [6.45, 7) is 6.33. The first-order valence-electron chi connectivity index (χ1n) is 9.32. The molecule has 1 aliphatic heterocycles. The van der Waals surface area contributed by atoms with E-state index in [9.17, 15) is 9.59 Å². The number of hydrogen-bond donors (Lipinski definition) is 4. The van der Waals surface area contributed by atoms with Gasteiger partial charge in [-0.25, -0.2) is 9.48 Å². The van der Waals surface area contributed by atoms with E-state index < -0.39 is 5.54 Å². The van der Waals surface area contributed by atoms with Gasteiger partial charge in [0.2, 0.25) is 5.91 Å². The maximum atomic E-state index is 12.4. The topological polar surface area (TPSA) is 113 Å². The van der Waals surface area contributed by atoms with Crippen LogP contribution < -0.4 is 21.3 Å². The maximum Gasteiger partial charge on any atom is 0.319 e. The molecule has 1 saturated heterocycles. The van der Waals surface area contributed by atoms with Crippen LogP contribution in [-0.4, -0.2) is 46.6 Å². The highest BCUT2D eigenvalue weighted by atomic mass is 16.2. The van der Waals surface area contributed by atoms with Crippen molar-refractivity contribution in [3.63, 3.8) is 0 Å².